The topological polar surface area (TPSA) is 232 Å². The Bertz CT molecular complexity index is 2990. The first kappa shape index (κ1) is 52.6. The number of carbonyl (C=O) groups excluding carboxylic acids is 7. The molecule has 73 heavy (non-hydrogen) atoms. The number of fused-ring (bicyclic) bond motifs is 6. The zero-order valence-corrected chi connectivity index (χ0v) is 44.2. The Morgan fingerprint density at radius 2 is 1.33 bits per heavy atom. The maximum absolute atomic E-state index is 14.9. The molecule has 7 amide bonds. The second-order valence-electron chi connectivity index (χ2n) is 20.6. The van der Waals surface area contributed by atoms with Crippen molar-refractivity contribution < 1.29 is 52.4 Å². The SMILES string of the molecule is CSC1CC(=O)N(CCCCCC(=O)N[C@H](C(=O)N[C@@H](C)C(=O)Nc2cc3c(c4ccccc24)[C@H](CCl)CN3C(=O)C23CC(C(=O)N4C[C@@H](CCl)c5c4cc(OP(=O)(O)O)c4ccccc54)(C2)C3)C(C)C)C1=O. The van der Waals surface area contributed by atoms with Crippen LogP contribution in [0.25, 0.3) is 21.5 Å². The molecule has 10 rings (SSSR count). The molecular formula is C52H59Cl2N6O11PS. The molecule has 3 heterocycles. The standard InChI is InChI=1S/C52H59Cl2N6O11PS/c1-28(2)45(57-41(61)16-6-5-11-17-58-42(62)20-40(73-4)48(58)65)47(64)55-29(3)46(63)56-36-18-37-43(34-14-9-7-12-32(34)36)30(21-53)23-59(37)49(66)51-25-52(26-51,27-51)50(67)60-24-31(22-54)44-35-15-10-8-13-33(35)39(19-38(44)60)71-72(68,69)70/h7-10,12-15,18-19,28-31,40,45H,5-6,11,16-17,20-27H2,1-4H3,(H,55,64)(H,56,63)(H,57,61)(H2,68,69,70)/t29-,30+,31+,40?,45-,51?,52?/m0/s1. The van der Waals surface area contributed by atoms with Crippen molar-refractivity contribution in [1.82, 2.24) is 15.5 Å². The van der Waals surface area contributed by atoms with Gasteiger partial charge in [-0.3, -0.25) is 48.2 Å². The molecule has 3 aliphatic heterocycles. The van der Waals surface area contributed by atoms with Crippen LogP contribution in [-0.4, -0.2) is 111 Å². The maximum Gasteiger partial charge on any atom is 0.524 e. The highest BCUT2D eigenvalue weighted by Crippen LogP contribution is 2.75. The number of nitrogens with one attached hydrogen (secondary N) is 3. The van der Waals surface area contributed by atoms with Crippen molar-refractivity contribution in [1.29, 1.82) is 0 Å². The lowest BCUT2D eigenvalue weighted by Gasteiger charge is -2.69. The Kier molecular flexibility index (Phi) is 14.8. The number of likely N-dealkylation sites (tertiary alicyclic amines) is 1. The summed E-state index contributed by atoms with van der Waals surface area (Å²) in [5.41, 5.74) is 1.52. The van der Waals surface area contributed by atoms with Crippen LogP contribution in [0.1, 0.15) is 95.1 Å². The zero-order chi connectivity index (χ0) is 52.3. The molecule has 5 N–H and O–H groups in total. The molecule has 6 aliphatic rings. The van der Waals surface area contributed by atoms with Crippen molar-refractivity contribution in [3.8, 4) is 5.75 Å². The number of rotatable bonds is 19. The van der Waals surface area contributed by atoms with Gasteiger partial charge in [0.1, 0.15) is 17.8 Å². The number of imide groups is 1. The molecule has 0 aromatic heterocycles. The van der Waals surface area contributed by atoms with Gasteiger partial charge in [0.05, 0.1) is 27.5 Å². The number of unbranched alkanes of at least 4 members (excludes halogenated alkanes) is 2. The Hall–Kier alpha value is -5.23. The van der Waals surface area contributed by atoms with Crippen LogP contribution >= 0.6 is 42.8 Å². The summed E-state index contributed by atoms with van der Waals surface area (Å²) in [6, 6.07) is 15.9. The number of thioether (sulfide) groups is 1. The number of phosphoric ester groups is 1. The molecule has 0 radical (unpaired) electrons. The lowest BCUT2D eigenvalue weighted by molar-refractivity contribution is -0.205. The highest BCUT2D eigenvalue weighted by molar-refractivity contribution is 8.00. The van der Waals surface area contributed by atoms with Crippen LogP contribution in [0, 0.1) is 16.7 Å². The fourth-order valence-electron chi connectivity index (χ4n) is 11.8. The number of amides is 7. The number of hydrogen-bond donors (Lipinski definition) is 5. The van der Waals surface area contributed by atoms with Gasteiger partial charge in [-0.15, -0.1) is 23.2 Å². The molecule has 4 aromatic rings. The minimum atomic E-state index is -4.96. The van der Waals surface area contributed by atoms with Crippen molar-refractivity contribution in [2.75, 3.05) is 52.8 Å². The highest BCUT2D eigenvalue weighted by atomic mass is 35.5. The second-order valence-corrected chi connectivity index (χ2v) is 23.4. The van der Waals surface area contributed by atoms with Crippen LogP contribution in [0.4, 0.5) is 17.1 Å². The van der Waals surface area contributed by atoms with Gasteiger partial charge in [-0.25, -0.2) is 4.57 Å². The molecule has 17 nitrogen and oxygen atoms in total. The number of anilines is 3. The van der Waals surface area contributed by atoms with E-state index in [4.69, 9.17) is 27.7 Å². The predicted molar refractivity (Wildman–Crippen MR) is 281 cm³/mol. The van der Waals surface area contributed by atoms with Crippen LogP contribution in [0.5, 0.6) is 5.75 Å². The fraction of sp³-hybridized carbons (Fsp3) is 0.481. The molecule has 388 valence electrons. The van der Waals surface area contributed by atoms with Gasteiger partial charge >= 0.3 is 7.82 Å². The molecule has 21 heteroatoms. The van der Waals surface area contributed by atoms with E-state index in [9.17, 15) is 47.9 Å². The molecule has 5 atom stereocenters. The van der Waals surface area contributed by atoms with Gasteiger partial charge in [-0.2, -0.15) is 11.8 Å². The first-order chi connectivity index (χ1) is 34.7. The van der Waals surface area contributed by atoms with E-state index < -0.39 is 42.6 Å². The van der Waals surface area contributed by atoms with Crippen LogP contribution in [0.3, 0.4) is 0 Å². The summed E-state index contributed by atoms with van der Waals surface area (Å²) in [4.78, 5) is 119. The quantitative estimate of drug-likeness (QED) is 0.0269. The van der Waals surface area contributed by atoms with E-state index in [1.54, 1.807) is 61.1 Å². The number of carbonyl (C=O) groups is 7. The van der Waals surface area contributed by atoms with Gasteiger partial charge < -0.3 is 30.3 Å². The van der Waals surface area contributed by atoms with Gasteiger partial charge in [-0.05, 0) is 79.2 Å². The van der Waals surface area contributed by atoms with E-state index in [0.717, 1.165) is 16.5 Å². The summed E-state index contributed by atoms with van der Waals surface area (Å²) in [5, 5.41) is 10.9. The Morgan fingerprint density at radius 3 is 1.86 bits per heavy atom. The number of halogens is 2. The highest BCUT2D eigenvalue weighted by Gasteiger charge is 2.76. The third kappa shape index (κ3) is 9.72. The zero-order valence-electron chi connectivity index (χ0n) is 41.0. The van der Waals surface area contributed by atoms with Crippen LogP contribution in [-0.2, 0) is 38.1 Å². The Labute approximate surface area is 437 Å². The van der Waals surface area contributed by atoms with E-state index in [2.05, 4.69) is 16.0 Å². The average Bonchev–Trinajstić information content (AvgIpc) is 3.98. The Morgan fingerprint density at radius 1 is 0.781 bits per heavy atom. The minimum absolute atomic E-state index is 0.0521. The van der Waals surface area contributed by atoms with E-state index in [-0.39, 0.29) is 89.4 Å². The summed E-state index contributed by atoms with van der Waals surface area (Å²) in [6.45, 7) is 5.99. The molecule has 0 spiro atoms. The summed E-state index contributed by atoms with van der Waals surface area (Å²) in [5.74, 6) is -2.48. The number of hydrogen-bond acceptors (Lipinski definition) is 10. The lowest BCUT2D eigenvalue weighted by atomic mass is 9.34. The summed E-state index contributed by atoms with van der Waals surface area (Å²) in [7, 11) is -4.96. The van der Waals surface area contributed by atoms with Crippen LogP contribution in [0.2, 0.25) is 0 Å². The van der Waals surface area contributed by atoms with Crippen molar-refractivity contribution in [3.05, 3.63) is 71.8 Å². The van der Waals surface area contributed by atoms with Crippen molar-refractivity contribution >= 4 is 123 Å². The predicted octanol–water partition coefficient (Wildman–Crippen LogP) is 7.31. The number of nitrogens with zero attached hydrogens (tertiary/aromatic N) is 3. The maximum atomic E-state index is 14.9. The third-order valence-corrected chi connectivity index (χ3v) is 17.5. The van der Waals surface area contributed by atoms with Gasteiger partial charge in [0.25, 0.3) is 0 Å². The van der Waals surface area contributed by atoms with Crippen molar-refractivity contribution in [2.24, 2.45) is 16.7 Å². The molecule has 2 bridgehead atoms. The van der Waals surface area contributed by atoms with E-state index in [1.807, 2.05) is 30.3 Å². The Balaban J connectivity index is 0.857. The van der Waals surface area contributed by atoms with Gasteiger partial charge in [0.15, 0.2) is 0 Å². The fourth-order valence-corrected chi connectivity index (χ4v) is 13.4. The molecule has 3 saturated carbocycles. The van der Waals surface area contributed by atoms with E-state index in [1.165, 1.54) is 22.7 Å². The molecule has 3 aliphatic carbocycles. The number of phosphoric acid groups is 1. The third-order valence-electron chi connectivity index (χ3n) is 15.4. The van der Waals surface area contributed by atoms with Crippen molar-refractivity contribution in [2.45, 2.75) is 101 Å². The van der Waals surface area contributed by atoms with E-state index in [0.29, 0.717) is 84.8 Å². The monoisotopic (exact) mass is 1080 g/mol. The molecule has 4 fully saturated rings. The lowest BCUT2D eigenvalue weighted by Crippen LogP contribution is -2.73. The van der Waals surface area contributed by atoms with Gasteiger partial charge in [0, 0.05) is 78.6 Å². The molecular weight excluding hydrogens is 1020 g/mol. The smallest absolute Gasteiger partial charge is 0.404 e. The summed E-state index contributed by atoms with van der Waals surface area (Å²) >= 11 is 14.5. The normalized spacial score (nSPS) is 23.7. The first-order valence-corrected chi connectivity index (χ1v) is 28.5. The summed E-state index contributed by atoms with van der Waals surface area (Å²) < 4.78 is 17.2. The number of benzene rings is 4. The van der Waals surface area contributed by atoms with Crippen molar-refractivity contribution in [3.63, 3.8) is 0 Å². The van der Waals surface area contributed by atoms with Gasteiger partial charge in [0.2, 0.25) is 41.4 Å². The molecule has 1 saturated heterocycles. The van der Waals surface area contributed by atoms with Crippen LogP contribution in [0.15, 0.2) is 60.7 Å². The number of alkyl halides is 2. The largest absolute Gasteiger partial charge is 0.524 e. The van der Waals surface area contributed by atoms with E-state index >= 15 is 0 Å². The van der Waals surface area contributed by atoms with Crippen LogP contribution < -0.4 is 30.3 Å². The second kappa shape index (κ2) is 20.5. The first-order valence-electron chi connectivity index (χ1n) is 24.6. The molecule has 1 unspecified atom stereocenters. The summed E-state index contributed by atoms with van der Waals surface area (Å²) in [6.07, 6.45) is 4.75. The minimum Gasteiger partial charge on any atom is -0.404 e. The van der Waals surface area contributed by atoms with Gasteiger partial charge in [-0.1, -0.05) is 68.8 Å². The molecule has 4 aromatic carbocycles. The average molecular weight is 1080 g/mol.